The van der Waals surface area contributed by atoms with Crippen LogP contribution in [0.5, 0.6) is 5.75 Å². The van der Waals surface area contributed by atoms with Gasteiger partial charge in [0.1, 0.15) is 11.4 Å². The van der Waals surface area contributed by atoms with Crippen molar-refractivity contribution in [2.24, 2.45) is 0 Å². The molecular weight excluding hydrogens is 321 g/mol. The largest absolute Gasteiger partial charge is 0.573 e. The number of amides is 1. The zero-order chi connectivity index (χ0) is 15.9. The fourth-order valence-electron chi connectivity index (χ4n) is 2.10. The number of fused-ring (bicyclic) bond motifs is 1. The van der Waals surface area contributed by atoms with E-state index < -0.39 is 17.8 Å². The van der Waals surface area contributed by atoms with Crippen LogP contribution in [0.4, 0.5) is 24.7 Å². The smallest absolute Gasteiger partial charge is 0.406 e. The highest BCUT2D eigenvalue weighted by Crippen LogP contribution is 2.34. The maximum Gasteiger partial charge on any atom is 0.573 e. The zero-order valence-electron chi connectivity index (χ0n) is 10.8. The second kappa shape index (κ2) is 5.13. The summed E-state index contributed by atoms with van der Waals surface area (Å²) in [5.41, 5.74) is -0.230. The second-order valence-electron chi connectivity index (χ2n) is 4.36. The molecular formula is C12H9F3N4O2S. The van der Waals surface area contributed by atoms with Crippen molar-refractivity contribution in [3.63, 3.8) is 0 Å². The molecule has 116 valence electrons. The molecule has 6 nitrogen and oxygen atoms in total. The molecule has 0 aliphatic carbocycles. The van der Waals surface area contributed by atoms with Gasteiger partial charge in [-0.2, -0.15) is 0 Å². The minimum atomic E-state index is -4.79. The molecule has 1 aromatic heterocycles. The summed E-state index contributed by atoms with van der Waals surface area (Å²) in [7, 11) is 0. The second-order valence-corrected chi connectivity index (χ2v) is 4.85. The van der Waals surface area contributed by atoms with Crippen LogP contribution in [-0.2, 0) is 0 Å². The van der Waals surface area contributed by atoms with E-state index in [0.717, 1.165) is 0 Å². The van der Waals surface area contributed by atoms with Crippen LogP contribution in [0.1, 0.15) is 10.5 Å². The third kappa shape index (κ3) is 2.69. The first kappa shape index (κ1) is 14.6. The van der Waals surface area contributed by atoms with Gasteiger partial charge in [0, 0.05) is 11.8 Å². The van der Waals surface area contributed by atoms with Gasteiger partial charge in [-0.25, -0.2) is 4.98 Å². The van der Waals surface area contributed by atoms with Crippen molar-refractivity contribution >= 4 is 30.0 Å². The van der Waals surface area contributed by atoms with Crippen molar-refractivity contribution in [1.82, 2.24) is 15.3 Å². The number of carbonyl (C=O) groups is 1. The Kier molecular flexibility index (Phi) is 3.39. The van der Waals surface area contributed by atoms with Gasteiger partial charge in [0.15, 0.2) is 11.3 Å². The number of alkyl halides is 3. The van der Waals surface area contributed by atoms with Crippen molar-refractivity contribution in [2.45, 2.75) is 11.9 Å². The highest BCUT2D eigenvalue weighted by molar-refractivity contribution is 7.81. The molecule has 0 radical (unpaired) electrons. The first-order chi connectivity index (χ1) is 10.3. The average Bonchev–Trinajstić information content (AvgIpc) is 2.86. The van der Waals surface area contributed by atoms with Crippen molar-refractivity contribution in [2.75, 3.05) is 4.90 Å². The van der Waals surface area contributed by atoms with E-state index in [0.29, 0.717) is 5.69 Å². The van der Waals surface area contributed by atoms with Crippen LogP contribution in [0.25, 0.3) is 0 Å². The number of nitrogens with one attached hydrogen (secondary N) is 2. The Morgan fingerprint density at radius 1 is 1.36 bits per heavy atom. The van der Waals surface area contributed by atoms with Gasteiger partial charge in [0.05, 0.1) is 6.33 Å². The molecule has 3 rings (SSSR count). The number of thiol groups is 1. The third-order valence-corrected chi connectivity index (χ3v) is 3.27. The first-order valence-electron chi connectivity index (χ1n) is 6.02. The van der Waals surface area contributed by atoms with Crippen LogP contribution < -0.4 is 15.0 Å². The fraction of sp³-hybridized carbons (Fsp3) is 0.167. The van der Waals surface area contributed by atoms with Crippen LogP contribution in [0.15, 0.2) is 30.6 Å². The number of aromatic nitrogens is 2. The number of imidazole rings is 1. The number of H-pyrrole nitrogens is 1. The van der Waals surface area contributed by atoms with Gasteiger partial charge in [-0.3, -0.25) is 9.69 Å². The number of nitrogens with zero attached hydrogens (tertiary/aromatic N) is 2. The lowest BCUT2D eigenvalue weighted by Gasteiger charge is -2.33. The van der Waals surface area contributed by atoms with Crippen LogP contribution >= 0.6 is 12.6 Å². The van der Waals surface area contributed by atoms with Gasteiger partial charge in [-0.15, -0.1) is 25.8 Å². The van der Waals surface area contributed by atoms with E-state index in [1.165, 1.54) is 29.4 Å². The molecule has 10 heteroatoms. The van der Waals surface area contributed by atoms with Crippen molar-refractivity contribution in [3.8, 4) is 5.75 Å². The Bertz CT molecular complexity index is 718. The van der Waals surface area contributed by atoms with Gasteiger partial charge < -0.3 is 15.0 Å². The Balaban J connectivity index is 1.99. The molecule has 0 bridgehead atoms. The summed E-state index contributed by atoms with van der Waals surface area (Å²) in [5, 5.41) is 2.55. The predicted molar refractivity (Wildman–Crippen MR) is 74.1 cm³/mol. The summed E-state index contributed by atoms with van der Waals surface area (Å²) in [4.78, 5) is 19.9. The molecule has 2 heterocycles. The van der Waals surface area contributed by atoms with E-state index >= 15 is 0 Å². The summed E-state index contributed by atoms with van der Waals surface area (Å²) >= 11 is 4.22. The van der Waals surface area contributed by atoms with E-state index in [1.54, 1.807) is 6.07 Å². The van der Waals surface area contributed by atoms with Crippen LogP contribution in [-0.4, -0.2) is 27.7 Å². The normalized spacial score (nSPS) is 17.9. The summed E-state index contributed by atoms with van der Waals surface area (Å²) in [5.74, 6) is -0.501. The van der Waals surface area contributed by atoms with E-state index in [9.17, 15) is 18.0 Å². The molecule has 1 aliphatic heterocycles. The van der Waals surface area contributed by atoms with Crippen molar-refractivity contribution in [3.05, 3.63) is 36.3 Å². The van der Waals surface area contributed by atoms with Gasteiger partial charge in [-0.05, 0) is 12.1 Å². The number of hydrogen-bond donors (Lipinski definition) is 3. The monoisotopic (exact) mass is 330 g/mol. The lowest BCUT2D eigenvalue weighted by molar-refractivity contribution is -0.274. The van der Waals surface area contributed by atoms with Crippen LogP contribution in [0, 0.1) is 0 Å². The standard InChI is InChI=1S/C12H9F3N4O2S/c13-12(14,15)21-7-3-1-2-6(4-7)19-9-8(16-5-17-9)10(20)18-11(19)22/h1-5,11,22H,(H,16,17)(H,18,20). The molecule has 2 N–H and O–H groups in total. The number of ether oxygens (including phenoxy) is 1. The number of aromatic amines is 1. The van der Waals surface area contributed by atoms with Crippen LogP contribution in [0.3, 0.4) is 0 Å². The molecule has 22 heavy (non-hydrogen) atoms. The van der Waals surface area contributed by atoms with Gasteiger partial charge in [0.2, 0.25) is 0 Å². The topological polar surface area (TPSA) is 70.2 Å². The van der Waals surface area contributed by atoms with E-state index in [-0.39, 0.29) is 17.3 Å². The average molecular weight is 330 g/mol. The highest BCUT2D eigenvalue weighted by atomic mass is 32.1. The predicted octanol–water partition coefficient (Wildman–Crippen LogP) is 2.40. The lowest BCUT2D eigenvalue weighted by atomic mass is 10.2. The molecule has 1 atom stereocenters. The van der Waals surface area contributed by atoms with E-state index in [1.807, 2.05) is 0 Å². The molecule has 0 saturated heterocycles. The maximum absolute atomic E-state index is 12.3. The van der Waals surface area contributed by atoms with Crippen LogP contribution in [0.2, 0.25) is 0 Å². The maximum atomic E-state index is 12.3. The van der Waals surface area contributed by atoms with E-state index in [4.69, 9.17) is 0 Å². The fourth-order valence-corrected chi connectivity index (χ4v) is 2.46. The van der Waals surface area contributed by atoms with Crippen molar-refractivity contribution < 1.29 is 22.7 Å². The SMILES string of the molecule is O=C1NC(S)N(c2cccc(OC(F)(F)F)c2)c2nc[nH]c21. The minimum Gasteiger partial charge on any atom is -0.406 e. The Morgan fingerprint density at radius 2 is 2.14 bits per heavy atom. The molecule has 1 amide bonds. The number of benzene rings is 1. The molecule has 1 aromatic carbocycles. The van der Waals surface area contributed by atoms with Gasteiger partial charge in [-0.1, -0.05) is 6.07 Å². The molecule has 2 aromatic rings. The highest BCUT2D eigenvalue weighted by Gasteiger charge is 2.34. The van der Waals surface area contributed by atoms with Crippen molar-refractivity contribution in [1.29, 1.82) is 0 Å². The summed E-state index contributed by atoms with van der Waals surface area (Å²) in [6.45, 7) is 0. The van der Waals surface area contributed by atoms with Gasteiger partial charge >= 0.3 is 6.36 Å². The number of anilines is 2. The molecule has 0 saturated carbocycles. The quantitative estimate of drug-likeness (QED) is 0.740. The molecule has 0 fully saturated rings. The molecule has 0 spiro atoms. The lowest BCUT2D eigenvalue weighted by Crippen LogP contribution is -2.47. The number of rotatable bonds is 2. The number of carbonyl (C=O) groups excluding carboxylic acids is 1. The summed E-state index contributed by atoms with van der Waals surface area (Å²) < 4.78 is 40.8. The third-order valence-electron chi connectivity index (χ3n) is 2.91. The molecule has 1 unspecified atom stereocenters. The Morgan fingerprint density at radius 3 is 2.86 bits per heavy atom. The summed E-state index contributed by atoms with van der Waals surface area (Å²) in [6.07, 6.45) is -3.47. The Labute approximate surface area is 127 Å². The van der Waals surface area contributed by atoms with Gasteiger partial charge in [0.25, 0.3) is 5.91 Å². The van der Waals surface area contributed by atoms with E-state index in [2.05, 4.69) is 32.7 Å². The minimum absolute atomic E-state index is 0.201. The number of halogens is 3. The number of hydrogen-bond acceptors (Lipinski definition) is 5. The summed E-state index contributed by atoms with van der Waals surface area (Å²) in [6, 6.07) is 5.33. The first-order valence-corrected chi connectivity index (χ1v) is 6.54. The Hall–Kier alpha value is -2.36. The zero-order valence-corrected chi connectivity index (χ0v) is 11.7. The molecule has 1 aliphatic rings.